The molecular weight excluding hydrogens is 359 g/mol. The number of hydrogen-bond acceptors (Lipinski definition) is 1. The number of halogens is 2. The SMILES string of the molecule is C/C(=C\n1c2c(c3cc(Cl)ccc31)C1CCC(C2)N1C)c1ccc(F)cc1. The molecule has 27 heavy (non-hydrogen) atoms. The van der Waals surface area contributed by atoms with Gasteiger partial charge >= 0.3 is 0 Å². The molecule has 2 aliphatic heterocycles. The molecule has 5 rings (SSSR count). The Balaban J connectivity index is 1.72. The van der Waals surface area contributed by atoms with E-state index in [0.29, 0.717) is 12.1 Å². The number of rotatable bonds is 2. The molecule has 1 saturated heterocycles. The lowest BCUT2D eigenvalue weighted by atomic mass is 9.97. The van der Waals surface area contributed by atoms with Crippen LogP contribution < -0.4 is 0 Å². The van der Waals surface area contributed by atoms with Crippen molar-refractivity contribution in [1.29, 1.82) is 0 Å². The molecule has 4 heteroatoms. The van der Waals surface area contributed by atoms with E-state index >= 15 is 0 Å². The second-order valence-electron chi connectivity index (χ2n) is 7.83. The zero-order chi connectivity index (χ0) is 18.7. The van der Waals surface area contributed by atoms with Crippen LogP contribution in [0.1, 0.15) is 42.6 Å². The van der Waals surface area contributed by atoms with Crippen LogP contribution in [0.5, 0.6) is 0 Å². The molecular formula is C23H22ClFN2. The van der Waals surface area contributed by atoms with Gasteiger partial charge in [0.25, 0.3) is 0 Å². The fourth-order valence-corrected chi connectivity index (χ4v) is 5.07. The van der Waals surface area contributed by atoms with Gasteiger partial charge in [-0.25, -0.2) is 4.39 Å². The average Bonchev–Trinajstić information content (AvgIpc) is 3.06. The normalized spacial score (nSPS) is 22.4. The number of aromatic nitrogens is 1. The Morgan fingerprint density at radius 1 is 1.15 bits per heavy atom. The Bertz CT molecular complexity index is 1060. The molecule has 0 saturated carbocycles. The number of likely N-dealkylation sites (N-methyl/N-ethyl adjacent to an activating group) is 1. The van der Waals surface area contributed by atoms with Gasteiger partial charge in [-0.05, 0) is 73.8 Å². The lowest BCUT2D eigenvalue weighted by molar-refractivity contribution is 0.223. The average molecular weight is 381 g/mol. The molecule has 2 aromatic carbocycles. The van der Waals surface area contributed by atoms with Crippen LogP contribution in [0.3, 0.4) is 0 Å². The van der Waals surface area contributed by atoms with Crippen LogP contribution in [0.2, 0.25) is 5.02 Å². The van der Waals surface area contributed by atoms with Crippen molar-refractivity contribution in [1.82, 2.24) is 9.47 Å². The van der Waals surface area contributed by atoms with Gasteiger partial charge in [0.05, 0.1) is 5.52 Å². The van der Waals surface area contributed by atoms with Crippen LogP contribution in [-0.4, -0.2) is 22.6 Å². The summed E-state index contributed by atoms with van der Waals surface area (Å²) in [5.41, 5.74) is 6.20. The molecule has 2 atom stereocenters. The number of benzene rings is 2. The third-order valence-electron chi connectivity index (χ3n) is 6.34. The minimum atomic E-state index is -0.204. The van der Waals surface area contributed by atoms with Crippen molar-refractivity contribution in [3.05, 3.63) is 70.1 Å². The Kier molecular flexibility index (Phi) is 3.92. The minimum absolute atomic E-state index is 0.204. The Labute approximate surface area is 163 Å². The minimum Gasteiger partial charge on any atom is -0.320 e. The fourth-order valence-electron chi connectivity index (χ4n) is 4.90. The summed E-state index contributed by atoms with van der Waals surface area (Å²) in [5, 5.41) is 2.04. The zero-order valence-corrected chi connectivity index (χ0v) is 16.3. The number of fused-ring (bicyclic) bond motifs is 6. The molecule has 1 aromatic heterocycles. The monoisotopic (exact) mass is 380 g/mol. The first-order valence-corrected chi connectivity index (χ1v) is 9.89. The molecule has 1 fully saturated rings. The summed E-state index contributed by atoms with van der Waals surface area (Å²) in [5.74, 6) is -0.204. The molecule has 3 aromatic rings. The van der Waals surface area contributed by atoms with E-state index in [4.69, 9.17) is 11.6 Å². The Hall–Kier alpha value is -2.10. The highest BCUT2D eigenvalue weighted by atomic mass is 35.5. The van der Waals surface area contributed by atoms with Crippen molar-refractivity contribution in [2.24, 2.45) is 0 Å². The lowest BCUT2D eigenvalue weighted by Gasteiger charge is -2.32. The second kappa shape index (κ2) is 6.22. The number of allylic oxidation sites excluding steroid dienone is 1. The van der Waals surface area contributed by atoms with Gasteiger partial charge in [0.1, 0.15) is 5.82 Å². The van der Waals surface area contributed by atoms with E-state index in [0.717, 1.165) is 22.6 Å². The van der Waals surface area contributed by atoms with Gasteiger partial charge in [-0.3, -0.25) is 4.90 Å². The fraction of sp³-hybridized carbons (Fsp3) is 0.304. The molecule has 0 N–H and O–H groups in total. The third-order valence-corrected chi connectivity index (χ3v) is 6.57. The van der Waals surface area contributed by atoms with Gasteiger partial charge < -0.3 is 4.57 Å². The lowest BCUT2D eigenvalue weighted by Crippen LogP contribution is -2.34. The molecule has 0 aliphatic carbocycles. The highest BCUT2D eigenvalue weighted by molar-refractivity contribution is 6.31. The van der Waals surface area contributed by atoms with Crippen molar-refractivity contribution in [2.75, 3.05) is 7.05 Å². The van der Waals surface area contributed by atoms with Crippen molar-refractivity contribution >= 4 is 34.3 Å². The standard InChI is InChI=1S/C23H22ClFN2/c1-14(15-3-6-17(25)7-4-15)13-27-20-9-5-16(24)11-19(20)23-21-10-8-18(26(21)2)12-22(23)27/h3-7,9,11,13,18,21H,8,10,12H2,1-2H3/b14-13+. The Morgan fingerprint density at radius 2 is 1.93 bits per heavy atom. The summed E-state index contributed by atoms with van der Waals surface area (Å²) in [7, 11) is 2.25. The molecule has 0 amide bonds. The van der Waals surface area contributed by atoms with Gasteiger partial charge in [-0.1, -0.05) is 23.7 Å². The van der Waals surface area contributed by atoms with E-state index in [1.807, 2.05) is 18.2 Å². The first kappa shape index (κ1) is 17.0. The maximum atomic E-state index is 13.3. The number of nitrogens with zero attached hydrogens (tertiary/aromatic N) is 2. The van der Waals surface area contributed by atoms with Gasteiger partial charge in [0.15, 0.2) is 0 Å². The first-order chi connectivity index (χ1) is 13.0. The van der Waals surface area contributed by atoms with Crippen molar-refractivity contribution in [3.8, 4) is 0 Å². The van der Waals surface area contributed by atoms with Crippen LogP contribution in [0.15, 0.2) is 42.5 Å². The predicted molar refractivity (Wildman–Crippen MR) is 110 cm³/mol. The molecule has 3 heterocycles. The van der Waals surface area contributed by atoms with E-state index < -0.39 is 0 Å². The smallest absolute Gasteiger partial charge is 0.123 e. The van der Waals surface area contributed by atoms with E-state index in [9.17, 15) is 4.39 Å². The van der Waals surface area contributed by atoms with Gasteiger partial charge in [-0.2, -0.15) is 0 Å². The predicted octanol–water partition coefficient (Wildman–Crippen LogP) is 6.14. The molecule has 2 bridgehead atoms. The molecule has 0 spiro atoms. The van der Waals surface area contributed by atoms with Crippen LogP contribution >= 0.6 is 11.6 Å². The quantitative estimate of drug-likeness (QED) is 0.518. The number of hydrogen-bond donors (Lipinski definition) is 0. The summed E-state index contributed by atoms with van der Waals surface area (Å²) in [6.45, 7) is 2.09. The zero-order valence-electron chi connectivity index (χ0n) is 15.5. The van der Waals surface area contributed by atoms with E-state index in [1.165, 1.54) is 47.1 Å². The first-order valence-electron chi connectivity index (χ1n) is 9.51. The molecule has 2 unspecified atom stereocenters. The summed E-state index contributed by atoms with van der Waals surface area (Å²) in [6, 6.07) is 14.0. The maximum absolute atomic E-state index is 13.3. The Morgan fingerprint density at radius 3 is 2.70 bits per heavy atom. The van der Waals surface area contributed by atoms with E-state index in [-0.39, 0.29) is 5.82 Å². The molecule has 2 aliphatic rings. The van der Waals surface area contributed by atoms with Crippen molar-refractivity contribution in [2.45, 2.75) is 38.3 Å². The topological polar surface area (TPSA) is 8.17 Å². The van der Waals surface area contributed by atoms with Crippen LogP contribution in [0.4, 0.5) is 4.39 Å². The van der Waals surface area contributed by atoms with Crippen LogP contribution in [0.25, 0.3) is 22.7 Å². The van der Waals surface area contributed by atoms with Crippen molar-refractivity contribution < 1.29 is 4.39 Å². The van der Waals surface area contributed by atoms with Gasteiger partial charge in [0.2, 0.25) is 0 Å². The summed E-state index contributed by atoms with van der Waals surface area (Å²) in [6.07, 6.45) is 5.72. The van der Waals surface area contributed by atoms with E-state index in [2.05, 4.69) is 41.8 Å². The van der Waals surface area contributed by atoms with Crippen molar-refractivity contribution in [3.63, 3.8) is 0 Å². The maximum Gasteiger partial charge on any atom is 0.123 e. The summed E-state index contributed by atoms with van der Waals surface area (Å²) in [4.78, 5) is 2.53. The highest BCUT2D eigenvalue weighted by Crippen LogP contribution is 2.47. The molecule has 0 radical (unpaired) electrons. The van der Waals surface area contributed by atoms with Crippen LogP contribution in [0, 0.1) is 5.82 Å². The van der Waals surface area contributed by atoms with Gasteiger partial charge in [0, 0.05) is 40.8 Å². The summed E-state index contributed by atoms with van der Waals surface area (Å²) < 4.78 is 15.6. The molecule has 138 valence electrons. The van der Waals surface area contributed by atoms with E-state index in [1.54, 1.807) is 0 Å². The highest BCUT2D eigenvalue weighted by Gasteiger charge is 2.40. The van der Waals surface area contributed by atoms with Crippen LogP contribution in [-0.2, 0) is 6.42 Å². The molecule has 2 nitrogen and oxygen atoms in total. The largest absolute Gasteiger partial charge is 0.320 e. The van der Waals surface area contributed by atoms with Gasteiger partial charge in [-0.15, -0.1) is 0 Å². The third kappa shape index (κ3) is 2.64. The summed E-state index contributed by atoms with van der Waals surface area (Å²) >= 11 is 6.35. The second-order valence-corrected chi connectivity index (χ2v) is 8.26.